The first-order valence-electron chi connectivity index (χ1n) is 5.65. The Hall–Kier alpha value is -1.66. The van der Waals surface area contributed by atoms with Crippen LogP contribution in [-0.2, 0) is 6.54 Å². The normalized spacial score (nSPS) is 13.1. The summed E-state index contributed by atoms with van der Waals surface area (Å²) in [7, 11) is 1.93. The second kappa shape index (κ2) is 5.79. The van der Waals surface area contributed by atoms with Gasteiger partial charge in [0.2, 0.25) is 0 Å². The van der Waals surface area contributed by atoms with Gasteiger partial charge in [0.15, 0.2) is 5.84 Å². The van der Waals surface area contributed by atoms with Gasteiger partial charge in [-0.3, -0.25) is 9.88 Å². The number of rotatable bonds is 5. The molecule has 6 heteroatoms. The van der Waals surface area contributed by atoms with E-state index in [4.69, 9.17) is 10.9 Å². The fourth-order valence-electron chi connectivity index (χ4n) is 1.37. The quantitative estimate of drug-likeness (QED) is 0.305. The molecule has 0 aromatic carbocycles. The van der Waals surface area contributed by atoms with Gasteiger partial charge in [0, 0.05) is 18.3 Å². The number of hydrogen-bond acceptors (Lipinski definition) is 5. The molecule has 100 valence electrons. The highest BCUT2D eigenvalue weighted by Crippen LogP contribution is 2.15. The van der Waals surface area contributed by atoms with Crippen molar-refractivity contribution >= 4 is 5.84 Å². The summed E-state index contributed by atoms with van der Waals surface area (Å²) in [5.74, 6) is -0.0130. The molecule has 0 aliphatic heterocycles. The van der Waals surface area contributed by atoms with Crippen molar-refractivity contribution in [2.24, 2.45) is 10.9 Å². The van der Waals surface area contributed by atoms with Crippen LogP contribution in [0.25, 0.3) is 0 Å². The standard InChI is InChI=1S/C12H20N4O2/c1-12(2,8-17)16(3)7-9-4-5-14-10(6-9)11(13)15-18/h4-6,17-18H,7-8H2,1-3H3,(H2,13,15). The Morgan fingerprint density at radius 2 is 2.22 bits per heavy atom. The number of pyridine rings is 1. The molecule has 0 unspecified atom stereocenters. The number of aliphatic hydroxyl groups is 1. The Kier molecular flexibility index (Phi) is 4.63. The molecule has 1 aromatic rings. The van der Waals surface area contributed by atoms with Crippen molar-refractivity contribution in [1.82, 2.24) is 9.88 Å². The van der Waals surface area contributed by atoms with Crippen LogP contribution in [0.3, 0.4) is 0 Å². The van der Waals surface area contributed by atoms with Crippen molar-refractivity contribution in [3.63, 3.8) is 0 Å². The zero-order chi connectivity index (χ0) is 13.8. The van der Waals surface area contributed by atoms with E-state index in [0.29, 0.717) is 12.2 Å². The van der Waals surface area contributed by atoms with Crippen molar-refractivity contribution in [3.05, 3.63) is 29.6 Å². The van der Waals surface area contributed by atoms with E-state index in [1.165, 1.54) is 0 Å². The van der Waals surface area contributed by atoms with E-state index >= 15 is 0 Å². The Labute approximate surface area is 107 Å². The molecular weight excluding hydrogens is 232 g/mol. The summed E-state index contributed by atoms with van der Waals surface area (Å²) in [6.07, 6.45) is 1.61. The van der Waals surface area contributed by atoms with Crippen LogP contribution >= 0.6 is 0 Å². The van der Waals surface area contributed by atoms with Gasteiger partial charge in [-0.1, -0.05) is 5.16 Å². The summed E-state index contributed by atoms with van der Waals surface area (Å²) in [6, 6.07) is 3.62. The second-order valence-electron chi connectivity index (χ2n) is 4.86. The Bertz CT molecular complexity index is 432. The Morgan fingerprint density at radius 3 is 2.78 bits per heavy atom. The number of likely N-dealkylation sites (N-methyl/N-ethyl adjacent to an activating group) is 1. The predicted octanol–water partition coefficient (Wildman–Crippen LogP) is 0.379. The molecule has 0 amide bonds. The highest BCUT2D eigenvalue weighted by atomic mass is 16.4. The maximum Gasteiger partial charge on any atom is 0.188 e. The average molecular weight is 252 g/mol. The molecule has 0 saturated carbocycles. The first kappa shape index (κ1) is 14.4. The highest BCUT2D eigenvalue weighted by molar-refractivity contribution is 5.95. The SMILES string of the molecule is CN(Cc1ccnc(/C(N)=N/O)c1)C(C)(C)CO. The highest BCUT2D eigenvalue weighted by Gasteiger charge is 2.22. The van der Waals surface area contributed by atoms with E-state index in [2.05, 4.69) is 10.1 Å². The molecule has 1 rings (SSSR count). The number of nitrogens with two attached hydrogens (primary N) is 1. The first-order valence-corrected chi connectivity index (χ1v) is 5.65. The number of nitrogens with zero attached hydrogens (tertiary/aromatic N) is 3. The van der Waals surface area contributed by atoms with Gasteiger partial charge in [-0.25, -0.2) is 0 Å². The first-order chi connectivity index (χ1) is 8.40. The molecule has 4 N–H and O–H groups in total. The van der Waals surface area contributed by atoms with E-state index in [1.54, 1.807) is 12.3 Å². The molecule has 0 spiro atoms. The topological polar surface area (TPSA) is 95.0 Å². The average Bonchev–Trinajstić information content (AvgIpc) is 2.38. The van der Waals surface area contributed by atoms with Crippen LogP contribution in [-0.4, -0.2) is 45.2 Å². The number of aromatic nitrogens is 1. The summed E-state index contributed by atoms with van der Waals surface area (Å²) >= 11 is 0. The van der Waals surface area contributed by atoms with E-state index in [1.807, 2.05) is 31.9 Å². The third-order valence-corrected chi connectivity index (χ3v) is 3.03. The van der Waals surface area contributed by atoms with Crippen LogP contribution in [0.1, 0.15) is 25.1 Å². The Balaban J connectivity index is 2.86. The van der Waals surface area contributed by atoms with Crippen molar-refractivity contribution in [2.75, 3.05) is 13.7 Å². The lowest BCUT2D eigenvalue weighted by molar-refractivity contribution is 0.0734. The monoisotopic (exact) mass is 252 g/mol. The number of amidine groups is 1. The molecule has 0 fully saturated rings. The van der Waals surface area contributed by atoms with Crippen molar-refractivity contribution in [3.8, 4) is 0 Å². The number of hydrogen-bond donors (Lipinski definition) is 3. The van der Waals surface area contributed by atoms with Gasteiger partial charge in [0.1, 0.15) is 5.69 Å². The minimum Gasteiger partial charge on any atom is -0.409 e. The third kappa shape index (κ3) is 3.41. The van der Waals surface area contributed by atoms with Crippen LogP contribution in [0, 0.1) is 0 Å². The van der Waals surface area contributed by atoms with Crippen LogP contribution in [0.4, 0.5) is 0 Å². The van der Waals surface area contributed by atoms with E-state index in [0.717, 1.165) is 5.56 Å². The molecule has 0 aliphatic carbocycles. The molecule has 0 saturated heterocycles. The third-order valence-electron chi connectivity index (χ3n) is 3.03. The number of aliphatic hydroxyl groups excluding tert-OH is 1. The lowest BCUT2D eigenvalue weighted by atomic mass is 10.0. The molecule has 6 nitrogen and oxygen atoms in total. The van der Waals surface area contributed by atoms with E-state index in [9.17, 15) is 5.11 Å². The van der Waals surface area contributed by atoms with Gasteiger partial charge in [-0.05, 0) is 38.6 Å². The molecule has 0 radical (unpaired) electrons. The largest absolute Gasteiger partial charge is 0.409 e. The van der Waals surface area contributed by atoms with Gasteiger partial charge in [0.05, 0.1) is 6.61 Å². The molecule has 18 heavy (non-hydrogen) atoms. The van der Waals surface area contributed by atoms with Crippen LogP contribution in [0.2, 0.25) is 0 Å². The van der Waals surface area contributed by atoms with Crippen LogP contribution in [0.5, 0.6) is 0 Å². The summed E-state index contributed by atoms with van der Waals surface area (Å²) in [5.41, 5.74) is 6.60. The van der Waals surface area contributed by atoms with Gasteiger partial charge >= 0.3 is 0 Å². The van der Waals surface area contributed by atoms with Gasteiger partial charge < -0.3 is 16.0 Å². The molecule has 0 bridgehead atoms. The Morgan fingerprint density at radius 1 is 1.56 bits per heavy atom. The minimum absolute atomic E-state index is 0.0130. The van der Waals surface area contributed by atoms with Crippen LogP contribution < -0.4 is 5.73 Å². The lowest BCUT2D eigenvalue weighted by Gasteiger charge is -2.33. The summed E-state index contributed by atoms with van der Waals surface area (Å²) in [6.45, 7) is 4.63. The molecule has 0 atom stereocenters. The molecular formula is C12H20N4O2. The molecule has 1 aromatic heterocycles. The zero-order valence-electron chi connectivity index (χ0n) is 11.0. The molecule has 1 heterocycles. The maximum absolute atomic E-state index is 9.30. The van der Waals surface area contributed by atoms with E-state index in [-0.39, 0.29) is 18.0 Å². The predicted molar refractivity (Wildman–Crippen MR) is 69.4 cm³/mol. The van der Waals surface area contributed by atoms with Crippen molar-refractivity contribution < 1.29 is 10.3 Å². The fraction of sp³-hybridized carbons (Fsp3) is 0.500. The summed E-state index contributed by atoms with van der Waals surface area (Å²) in [5, 5.41) is 20.8. The maximum atomic E-state index is 9.30. The van der Waals surface area contributed by atoms with Gasteiger partial charge in [-0.2, -0.15) is 0 Å². The smallest absolute Gasteiger partial charge is 0.188 e. The number of oxime groups is 1. The summed E-state index contributed by atoms with van der Waals surface area (Å²) < 4.78 is 0. The fourth-order valence-corrected chi connectivity index (χ4v) is 1.37. The van der Waals surface area contributed by atoms with Crippen molar-refractivity contribution in [1.29, 1.82) is 0 Å². The lowest BCUT2D eigenvalue weighted by Crippen LogP contribution is -2.43. The minimum atomic E-state index is -0.306. The second-order valence-corrected chi connectivity index (χ2v) is 4.86. The van der Waals surface area contributed by atoms with E-state index < -0.39 is 0 Å². The van der Waals surface area contributed by atoms with Gasteiger partial charge in [-0.15, -0.1) is 0 Å². The zero-order valence-corrected chi connectivity index (χ0v) is 11.0. The summed E-state index contributed by atoms with van der Waals surface area (Å²) in [4.78, 5) is 6.04. The van der Waals surface area contributed by atoms with Gasteiger partial charge in [0.25, 0.3) is 0 Å². The van der Waals surface area contributed by atoms with Crippen molar-refractivity contribution in [2.45, 2.75) is 25.9 Å². The molecule has 0 aliphatic rings. The van der Waals surface area contributed by atoms with Crippen LogP contribution in [0.15, 0.2) is 23.5 Å².